The van der Waals surface area contributed by atoms with Gasteiger partial charge >= 0.3 is 0 Å². The topological polar surface area (TPSA) is 83.4 Å². The van der Waals surface area contributed by atoms with Gasteiger partial charge in [0, 0.05) is 25.7 Å². The molecule has 1 fully saturated rings. The van der Waals surface area contributed by atoms with Gasteiger partial charge in [-0.3, -0.25) is 9.88 Å². The van der Waals surface area contributed by atoms with E-state index in [9.17, 15) is 8.42 Å². The second-order valence-electron chi connectivity index (χ2n) is 4.58. The van der Waals surface area contributed by atoms with Crippen LogP contribution in [-0.4, -0.2) is 59.1 Å². The molecule has 1 saturated heterocycles. The monoisotopic (exact) mass is 349 g/mol. The van der Waals surface area contributed by atoms with E-state index < -0.39 is 9.84 Å². The summed E-state index contributed by atoms with van der Waals surface area (Å²) in [6, 6.07) is -0.144. The van der Waals surface area contributed by atoms with E-state index in [1.165, 1.54) is 0 Å². The van der Waals surface area contributed by atoms with Crippen molar-refractivity contribution in [1.82, 2.24) is 14.9 Å². The third kappa shape index (κ3) is 4.20. The smallest absolute Gasteiger partial charge is 0.153 e. The minimum absolute atomic E-state index is 0.0112. The van der Waals surface area contributed by atoms with E-state index in [2.05, 4.69) is 30.8 Å². The zero-order valence-corrected chi connectivity index (χ0v) is 12.8. The summed E-state index contributed by atoms with van der Waals surface area (Å²) >= 11 is 3.22. The molecule has 6 nitrogen and oxygen atoms in total. The number of hydrogen-bond acceptors (Lipinski definition) is 6. The number of aromatic nitrogens is 2. The highest BCUT2D eigenvalue weighted by atomic mass is 79.9. The van der Waals surface area contributed by atoms with E-state index in [0.29, 0.717) is 24.1 Å². The van der Waals surface area contributed by atoms with E-state index in [1.54, 1.807) is 12.4 Å². The van der Waals surface area contributed by atoms with Crippen molar-refractivity contribution in [2.75, 3.05) is 24.7 Å². The molecular weight excluding hydrogens is 334 g/mol. The molecule has 106 valence electrons. The van der Waals surface area contributed by atoms with Crippen LogP contribution in [0, 0.1) is 0 Å². The van der Waals surface area contributed by atoms with Crippen LogP contribution in [0.1, 0.15) is 12.1 Å². The summed E-state index contributed by atoms with van der Waals surface area (Å²) in [5.74, 6) is 0.274. The van der Waals surface area contributed by atoms with Crippen molar-refractivity contribution in [1.29, 1.82) is 0 Å². The minimum atomic E-state index is -2.98. The van der Waals surface area contributed by atoms with Gasteiger partial charge in [-0.2, -0.15) is 0 Å². The molecule has 0 aliphatic carbocycles. The van der Waals surface area contributed by atoms with Crippen LogP contribution in [0.3, 0.4) is 0 Å². The second-order valence-corrected chi connectivity index (χ2v) is 7.62. The van der Waals surface area contributed by atoms with Crippen molar-refractivity contribution < 1.29 is 13.5 Å². The molecular formula is C11H16BrN3O3S. The first-order valence-corrected chi connectivity index (χ1v) is 8.63. The second kappa shape index (κ2) is 6.25. The fourth-order valence-corrected chi connectivity index (χ4v) is 4.02. The lowest BCUT2D eigenvalue weighted by Gasteiger charge is -2.34. The van der Waals surface area contributed by atoms with Gasteiger partial charge in [0.15, 0.2) is 9.84 Å². The zero-order chi connectivity index (χ0) is 13.9. The molecule has 2 rings (SSSR count). The van der Waals surface area contributed by atoms with Crippen molar-refractivity contribution in [3.05, 3.63) is 22.7 Å². The Morgan fingerprint density at radius 2 is 2.21 bits per heavy atom. The lowest BCUT2D eigenvalue weighted by molar-refractivity contribution is 0.162. The number of aliphatic hydroxyl groups excluding tert-OH is 1. The number of halogens is 1. The van der Waals surface area contributed by atoms with Crippen LogP contribution in [0.4, 0.5) is 0 Å². The highest BCUT2D eigenvalue weighted by molar-refractivity contribution is 9.10. The Balaban J connectivity index is 2.07. The number of hydrogen-bond donors (Lipinski definition) is 1. The average Bonchev–Trinajstić information content (AvgIpc) is 2.35. The summed E-state index contributed by atoms with van der Waals surface area (Å²) in [7, 11) is -2.98. The van der Waals surface area contributed by atoms with Crippen LogP contribution in [0.25, 0.3) is 0 Å². The highest BCUT2D eigenvalue weighted by Crippen LogP contribution is 2.17. The Morgan fingerprint density at radius 3 is 2.84 bits per heavy atom. The van der Waals surface area contributed by atoms with E-state index in [4.69, 9.17) is 5.11 Å². The van der Waals surface area contributed by atoms with Crippen LogP contribution in [-0.2, 0) is 16.4 Å². The quantitative estimate of drug-likeness (QED) is 0.837. The van der Waals surface area contributed by atoms with E-state index in [-0.39, 0.29) is 24.2 Å². The van der Waals surface area contributed by atoms with Gasteiger partial charge in [-0.05, 0) is 22.4 Å². The average molecular weight is 350 g/mol. The molecule has 0 spiro atoms. The van der Waals surface area contributed by atoms with Gasteiger partial charge in [0.2, 0.25) is 0 Å². The molecule has 1 aromatic rings. The Kier molecular flexibility index (Phi) is 4.88. The van der Waals surface area contributed by atoms with Gasteiger partial charge in [0.05, 0.1) is 29.6 Å². The van der Waals surface area contributed by atoms with Gasteiger partial charge in [-0.15, -0.1) is 0 Å². The molecule has 0 radical (unpaired) electrons. The van der Waals surface area contributed by atoms with Crippen molar-refractivity contribution in [3.8, 4) is 0 Å². The predicted octanol–water partition coefficient (Wildman–Crippen LogP) is 0.220. The molecule has 8 heteroatoms. The summed E-state index contributed by atoms with van der Waals surface area (Å²) in [5, 5.41) is 9.05. The first kappa shape index (κ1) is 14.8. The molecule has 0 aromatic carbocycles. The fourth-order valence-electron chi connectivity index (χ4n) is 2.17. The van der Waals surface area contributed by atoms with Crippen molar-refractivity contribution >= 4 is 25.8 Å². The molecule has 1 atom stereocenters. The molecule has 1 aromatic heterocycles. The number of sulfone groups is 1. The van der Waals surface area contributed by atoms with Crippen LogP contribution < -0.4 is 0 Å². The summed E-state index contributed by atoms with van der Waals surface area (Å²) in [6.07, 6.45) is 3.75. The third-order valence-corrected chi connectivity index (χ3v) is 5.26. The van der Waals surface area contributed by atoms with Gasteiger partial charge in [0.1, 0.15) is 4.60 Å². The lowest BCUT2D eigenvalue weighted by atomic mass is 10.2. The third-order valence-electron chi connectivity index (χ3n) is 3.15. The highest BCUT2D eigenvalue weighted by Gasteiger charge is 2.30. The molecule has 0 bridgehead atoms. The normalized spacial score (nSPS) is 23.4. The first-order chi connectivity index (χ1) is 9.00. The van der Waals surface area contributed by atoms with E-state index >= 15 is 0 Å². The van der Waals surface area contributed by atoms with Crippen LogP contribution in [0.2, 0.25) is 0 Å². The molecule has 0 saturated carbocycles. The molecule has 1 unspecified atom stereocenters. The molecule has 2 heterocycles. The van der Waals surface area contributed by atoms with Crippen LogP contribution >= 0.6 is 15.9 Å². The van der Waals surface area contributed by atoms with Gasteiger partial charge in [-0.25, -0.2) is 13.4 Å². The van der Waals surface area contributed by atoms with Crippen molar-refractivity contribution in [2.24, 2.45) is 0 Å². The molecule has 19 heavy (non-hydrogen) atoms. The van der Waals surface area contributed by atoms with Gasteiger partial charge in [-0.1, -0.05) is 0 Å². The molecule has 1 aliphatic heterocycles. The molecule has 1 N–H and O–H groups in total. The van der Waals surface area contributed by atoms with E-state index in [0.717, 1.165) is 5.69 Å². The molecule has 0 amide bonds. The van der Waals surface area contributed by atoms with Crippen LogP contribution in [0.5, 0.6) is 0 Å². The maximum Gasteiger partial charge on any atom is 0.153 e. The van der Waals surface area contributed by atoms with Crippen molar-refractivity contribution in [3.63, 3.8) is 0 Å². The van der Waals surface area contributed by atoms with Crippen LogP contribution in [0.15, 0.2) is 17.0 Å². The Hall–Kier alpha value is -0.570. The minimum Gasteiger partial charge on any atom is -0.396 e. The summed E-state index contributed by atoms with van der Waals surface area (Å²) in [6.45, 7) is 1.02. The maximum atomic E-state index is 11.6. The predicted molar refractivity (Wildman–Crippen MR) is 74.3 cm³/mol. The van der Waals surface area contributed by atoms with Gasteiger partial charge < -0.3 is 5.11 Å². The Labute approximate surface area is 120 Å². The fraction of sp³-hybridized carbons (Fsp3) is 0.636. The van der Waals surface area contributed by atoms with Crippen molar-refractivity contribution in [2.45, 2.75) is 19.0 Å². The Bertz CT molecular complexity index is 520. The standard InChI is InChI=1S/C11H16BrN3O3S/c12-11-6-13-9(5-14-11)7-15-2-4-19(17,18)8-10(15)1-3-16/h5-6,10,16H,1-4,7-8H2. The maximum absolute atomic E-state index is 11.6. The lowest BCUT2D eigenvalue weighted by Crippen LogP contribution is -2.48. The summed E-state index contributed by atoms with van der Waals surface area (Å²) in [5.41, 5.74) is 0.797. The number of nitrogens with zero attached hydrogens (tertiary/aromatic N) is 3. The SMILES string of the molecule is O=S1(=O)CCN(Cc2cnc(Br)cn2)C(CCO)C1. The Morgan fingerprint density at radius 1 is 1.42 bits per heavy atom. The van der Waals surface area contributed by atoms with Gasteiger partial charge in [0.25, 0.3) is 0 Å². The number of aliphatic hydroxyl groups is 1. The summed E-state index contributed by atoms with van der Waals surface area (Å²) in [4.78, 5) is 10.4. The number of rotatable bonds is 4. The first-order valence-electron chi connectivity index (χ1n) is 6.02. The largest absolute Gasteiger partial charge is 0.396 e. The summed E-state index contributed by atoms with van der Waals surface area (Å²) < 4.78 is 23.9. The van der Waals surface area contributed by atoms with E-state index in [1.807, 2.05) is 0 Å². The molecule has 1 aliphatic rings. The zero-order valence-electron chi connectivity index (χ0n) is 10.4.